The number of rotatable bonds is 6. The average molecular weight is 463 g/mol. The summed E-state index contributed by atoms with van der Waals surface area (Å²) in [5, 5.41) is 3.96. The first-order valence-electron chi connectivity index (χ1n) is 10.7. The molecular formula is C23H31ClN4O4. The first-order chi connectivity index (χ1) is 15.1. The normalized spacial score (nSPS) is 14.5. The van der Waals surface area contributed by atoms with Gasteiger partial charge in [-0.1, -0.05) is 30.7 Å². The SMILES string of the molecule is COn1c(NCC(C)Cc2ccc(Cl)cc2)nc2c(c1=O)CN(C(=O)OC(C)(C)C)CC2. The molecule has 32 heavy (non-hydrogen) atoms. The molecule has 1 aromatic heterocycles. The molecule has 1 N–H and O–H groups in total. The van der Waals surface area contributed by atoms with Gasteiger partial charge in [0.2, 0.25) is 5.95 Å². The summed E-state index contributed by atoms with van der Waals surface area (Å²) in [6.07, 6.45) is 0.894. The summed E-state index contributed by atoms with van der Waals surface area (Å²) in [5.41, 5.74) is 1.39. The highest BCUT2D eigenvalue weighted by molar-refractivity contribution is 6.30. The lowest BCUT2D eigenvalue weighted by molar-refractivity contribution is 0.0219. The molecule has 1 aromatic carbocycles. The van der Waals surface area contributed by atoms with E-state index < -0.39 is 11.7 Å². The van der Waals surface area contributed by atoms with Gasteiger partial charge in [0, 0.05) is 24.5 Å². The van der Waals surface area contributed by atoms with Crippen LogP contribution in [-0.4, -0.2) is 46.5 Å². The van der Waals surface area contributed by atoms with Crippen LogP contribution in [0.15, 0.2) is 29.1 Å². The predicted molar refractivity (Wildman–Crippen MR) is 124 cm³/mol. The van der Waals surface area contributed by atoms with E-state index in [1.165, 1.54) is 17.6 Å². The summed E-state index contributed by atoms with van der Waals surface area (Å²) >= 11 is 5.95. The summed E-state index contributed by atoms with van der Waals surface area (Å²) in [6, 6.07) is 7.78. The number of ether oxygens (including phenoxy) is 1. The third-order valence-corrected chi connectivity index (χ3v) is 5.38. The second kappa shape index (κ2) is 9.81. The van der Waals surface area contributed by atoms with Crippen molar-refractivity contribution in [3.63, 3.8) is 0 Å². The number of fused-ring (bicyclic) bond motifs is 1. The van der Waals surface area contributed by atoms with Crippen molar-refractivity contribution in [2.75, 3.05) is 25.5 Å². The summed E-state index contributed by atoms with van der Waals surface area (Å²) in [7, 11) is 1.42. The molecule has 2 aromatic rings. The monoisotopic (exact) mass is 462 g/mol. The first-order valence-corrected chi connectivity index (χ1v) is 11.1. The van der Waals surface area contributed by atoms with Gasteiger partial charge in [-0.05, 0) is 50.8 Å². The minimum atomic E-state index is -0.598. The summed E-state index contributed by atoms with van der Waals surface area (Å²) in [4.78, 5) is 37.0. The van der Waals surface area contributed by atoms with Gasteiger partial charge in [0.1, 0.15) is 12.7 Å². The summed E-state index contributed by atoms with van der Waals surface area (Å²) in [5.74, 6) is 0.655. The first kappa shape index (κ1) is 23.9. The highest BCUT2D eigenvalue weighted by Crippen LogP contribution is 2.19. The lowest BCUT2D eigenvalue weighted by Gasteiger charge is -2.31. The molecule has 0 spiro atoms. The number of anilines is 1. The van der Waals surface area contributed by atoms with E-state index in [0.29, 0.717) is 41.7 Å². The molecule has 0 radical (unpaired) electrons. The predicted octanol–water partition coefficient (Wildman–Crippen LogP) is 3.54. The van der Waals surface area contributed by atoms with Crippen LogP contribution in [0.5, 0.6) is 0 Å². The number of halogens is 1. The van der Waals surface area contributed by atoms with Crippen molar-refractivity contribution in [1.29, 1.82) is 0 Å². The summed E-state index contributed by atoms with van der Waals surface area (Å²) < 4.78 is 6.58. The molecule has 0 saturated heterocycles. The summed E-state index contributed by atoms with van der Waals surface area (Å²) in [6.45, 7) is 8.76. The quantitative estimate of drug-likeness (QED) is 0.706. The van der Waals surface area contributed by atoms with E-state index in [2.05, 4.69) is 17.2 Å². The zero-order chi connectivity index (χ0) is 23.5. The zero-order valence-corrected chi connectivity index (χ0v) is 20.0. The molecule has 8 nitrogen and oxygen atoms in total. The van der Waals surface area contributed by atoms with Crippen LogP contribution in [0.2, 0.25) is 5.02 Å². The Morgan fingerprint density at radius 2 is 1.97 bits per heavy atom. The van der Waals surface area contributed by atoms with Crippen molar-refractivity contribution < 1.29 is 14.4 Å². The zero-order valence-electron chi connectivity index (χ0n) is 19.3. The molecule has 9 heteroatoms. The van der Waals surface area contributed by atoms with Gasteiger partial charge in [0.05, 0.1) is 17.8 Å². The lowest BCUT2D eigenvalue weighted by atomic mass is 10.0. The molecule has 2 heterocycles. The number of carbonyl (C=O) groups is 1. The number of hydrogen-bond acceptors (Lipinski definition) is 6. The van der Waals surface area contributed by atoms with Gasteiger partial charge in [-0.15, -0.1) is 4.73 Å². The Labute approximate surface area is 193 Å². The maximum atomic E-state index is 13.1. The fraction of sp³-hybridized carbons (Fsp3) is 0.522. The number of nitrogens with zero attached hydrogens (tertiary/aromatic N) is 3. The Hall–Kier alpha value is -2.74. The Kier molecular flexibility index (Phi) is 7.33. The minimum Gasteiger partial charge on any atom is -0.444 e. The number of nitrogens with one attached hydrogen (secondary N) is 1. The molecule has 3 rings (SSSR count). The Bertz CT molecular complexity index is 1010. The van der Waals surface area contributed by atoms with Gasteiger partial charge < -0.3 is 19.8 Å². The van der Waals surface area contributed by atoms with Crippen molar-refractivity contribution in [3.05, 3.63) is 56.5 Å². The Morgan fingerprint density at radius 3 is 2.59 bits per heavy atom. The number of amides is 1. The van der Waals surface area contributed by atoms with Crippen LogP contribution in [0.4, 0.5) is 10.7 Å². The Morgan fingerprint density at radius 1 is 1.28 bits per heavy atom. The van der Waals surface area contributed by atoms with Crippen LogP contribution >= 0.6 is 11.6 Å². The van der Waals surface area contributed by atoms with Crippen LogP contribution < -0.4 is 15.7 Å². The van der Waals surface area contributed by atoms with Crippen LogP contribution in [0.1, 0.15) is 44.5 Å². The number of hydrogen-bond donors (Lipinski definition) is 1. The van der Waals surface area contributed by atoms with Gasteiger partial charge in [0.25, 0.3) is 5.56 Å². The van der Waals surface area contributed by atoms with E-state index in [-0.39, 0.29) is 18.0 Å². The standard InChI is InChI=1S/C23H31ClN4O4/c1-15(12-16-6-8-17(24)9-7-16)13-25-21-26-19-10-11-27(22(30)32-23(2,3)4)14-18(19)20(29)28(21)31-5/h6-9,15H,10-14H2,1-5H3,(H,25,26). The van der Waals surface area contributed by atoms with E-state index in [1.807, 2.05) is 45.0 Å². The smallest absolute Gasteiger partial charge is 0.410 e. The third-order valence-electron chi connectivity index (χ3n) is 5.13. The van der Waals surface area contributed by atoms with Gasteiger partial charge in [-0.3, -0.25) is 4.79 Å². The van der Waals surface area contributed by atoms with Crippen LogP contribution in [0, 0.1) is 5.92 Å². The molecule has 0 aliphatic carbocycles. The van der Waals surface area contributed by atoms with Gasteiger partial charge in [-0.25, -0.2) is 9.78 Å². The van der Waals surface area contributed by atoms with Crippen LogP contribution in [0.25, 0.3) is 0 Å². The van der Waals surface area contributed by atoms with Crippen molar-refractivity contribution in [2.45, 2.75) is 52.7 Å². The molecule has 1 amide bonds. The highest BCUT2D eigenvalue weighted by atomic mass is 35.5. The third kappa shape index (κ3) is 5.94. The molecule has 1 aliphatic rings. The molecular weight excluding hydrogens is 432 g/mol. The van der Waals surface area contributed by atoms with Crippen molar-refractivity contribution in [2.24, 2.45) is 5.92 Å². The average Bonchev–Trinajstić information content (AvgIpc) is 2.72. The fourth-order valence-corrected chi connectivity index (χ4v) is 3.71. The molecule has 0 fully saturated rings. The van der Waals surface area contributed by atoms with Gasteiger partial charge in [-0.2, -0.15) is 0 Å². The maximum Gasteiger partial charge on any atom is 0.410 e. The van der Waals surface area contributed by atoms with Gasteiger partial charge >= 0.3 is 6.09 Å². The largest absolute Gasteiger partial charge is 0.444 e. The molecule has 1 unspecified atom stereocenters. The second-order valence-electron chi connectivity index (χ2n) is 9.11. The molecule has 1 aliphatic heterocycles. The van der Waals surface area contributed by atoms with Crippen molar-refractivity contribution in [1.82, 2.24) is 14.6 Å². The van der Waals surface area contributed by atoms with E-state index in [0.717, 1.165) is 11.2 Å². The van der Waals surface area contributed by atoms with Crippen LogP contribution in [-0.2, 0) is 24.1 Å². The lowest BCUT2D eigenvalue weighted by Crippen LogP contribution is -2.44. The van der Waals surface area contributed by atoms with E-state index in [4.69, 9.17) is 21.2 Å². The second-order valence-corrected chi connectivity index (χ2v) is 9.55. The van der Waals surface area contributed by atoms with Crippen molar-refractivity contribution in [3.8, 4) is 0 Å². The van der Waals surface area contributed by atoms with E-state index >= 15 is 0 Å². The minimum absolute atomic E-state index is 0.146. The maximum absolute atomic E-state index is 13.1. The number of aromatic nitrogens is 2. The Balaban J connectivity index is 1.71. The van der Waals surface area contributed by atoms with Crippen molar-refractivity contribution >= 4 is 23.6 Å². The number of carbonyl (C=O) groups excluding carboxylic acids is 1. The van der Waals surface area contributed by atoms with Crippen LogP contribution in [0.3, 0.4) is 0 Å². The topological polar surface area (TPSA) is 85.7 Å². The molecule has 174 valence electrons. The number of benzene rings is 1. The fourth-order valence-electron chi connectivity index (χ4n) is 3.58. The van der Waals surface area contributed by atoms with E-state index in [1.54, 1.807) is 0 Å². The van der Waals surface area contributed by atoms with Gasteiger partial charge in [0.15, 0.2) is 0 Å². The molecule has 0 saturated carbocycles. The molecule has 1 atom stereocenters. The molecule has 0 bridgehead atoms. The van der Waals surface area contributed by atoms with E-state index in [9.17, 15) is 9.59 Å². The highest BCUT2D eigenvalue weighted by Gasteiger charge is 2.29.